The van der Waals surface area contributed by atoms with Crippen LogP contribution in [-0.2, 0) is 11.2 Å². The molecule has 22 heavy (non-hydrogen) atoms. The number of ether oxygens (including phenoxy) is 2. The summed E-state index contributed by atoms with van der Waals surface area (Å²) in [6.45, 7) is 4.67. The summed E-state index contributed by atoms with van der Waals surface area (Å²) in [7, 11) is 5.02. The maximum atomic E-state index is 12.2. The highest BCUT2D eigenvalue weighted by atomic mass is 16.5. The monoisotopic (exact) mass is 308 g/mol. The first-order valence-electron chi connectivity index (χ1n) is 7.66. The Hall–Kier alpha value is -1.75. The first kappa shape index (κ1) is 18.3. The van der Waals surface area contributed by atoms with Crippen molar-refractivity contribution < 1.29 is 14.3 Å². The van der Waals surface area contributed by atoms with Gasteiger partial charge in [0.05, 0.1) is 20.3 Å². The standard InChI is InChI=1S/C17H28N2O3/c1-6-12(2)16(18)17(20)19(3)10-9-13-7-8-14(21-4)15(11-13)22-5/h7-8,11-12,16H,6,9-10,18H2,1-5H3/t12-,16+/m1/s1. The van der Waals surface area contributed by atoms with Crippen molar-refractivity contribution in [1.29, 1.82) is 0 Å². The molecule has 0 unspecified atom stereocenters. The summed E-state index contributed by atoms with van der Waals surface area (Å²) in [5.74, 6) is 1.59. The van der Waals surface area contributed by atoms with E-state index in [4.69, 9.17) is 15.2 Å². The van der Waals surface area contributed by atoms with E-state index in [0.29, 0.717) is 18.0 Å². The van der Waals surface area contributed by atoms with Crippen LogP contribution in [0.3, 0.4) is 0 Å². The van der Waals surface area contributed by atoms with Crippen molar-refractivity contribution in [1.82, 2.24) is 4.90 Å². The summed E-state index contributed by atoms with van der Waals surface area (Å²) in [6, 6.07) is 5.36. The summed E-state index contributed by atoms with van der Waals surface area (Å²) >= 11 is 0. The zero-order chi connectivity index (χ0) is 16.7. The lowest BCUT2D eigenvalue weighted by molar-refractivity contribution is -0.132. The summed E-state index contributed by atoms with van der Waals surface area (Å²) < 4.78 is 10.5. The smallest absolute Gasteiger partial charge is 0.239 e. The van der Waals surface area contributed by atoms with E-state index in [1.54, 1.807) is 26.2 Å². The van der Waals surface area contributed by atoms with E-state index in [1.807, 2.05) is 32.0 Å². The number of nitrogens with two attached hydrogens (primary N) is 1. The fourth-order valence-electron chi connectivity index (χ4n) is 2.19. The third-order valence-electron chi connectivity index (χ3n) is 4.10. The number of amides is 1. The average Bonchev–Trinajstić information content (AvgIpc) is 2.56. The first-order valence-corrected chi connectivity index (χ1v) is 7.66. The van der Waals surface area contributed by atoms with Gasteiger partial charge < -0.3 is 20.1 Å². The minimum Gasteiger partial charge on any atom is -0.493 e. The normalized spacial score (nSPS) is 13.4. The highest BCUT2D eigenvalue weighted by molar-refractivity contribution is 5.81. The summed E-state index contributed by atoms with van der Waals surface area (Å²) in [4.78, 5) is 13.9. The van der Waals surface area contributed by atoms with Crippen LogP contribution in [0.15, 0.2) is 18.2 Å². The molecule has 2 N–H and O–H groups in total. The van der Waals surface area contributed by atoms with Crippen LogP contribution < -0.4 is 15.2 Å². The van der Waals surface area contributed by atoms with Gasteiger partial charge in [0.15, 0.2) is 11.5 Å². The second-order valence-electron chi connectivity index (χ2n) is 5.61. The highest BCUT2D eigenvalue weighted by Crippen LogP contribution is 2.27. The number of nitrogens with zero attached hydrogens (tertiary/aromatic N) is 1. The predicted molar refractivity (Wildman–Crippen MR) is 88.3 cm³/mol. The van der Waals surface area contributed by atoms with Crippen LogP contribution in [0.4, 0.5) is 0 Å². The molecule has 5 nitrogen and oxygen atoms in total. The van der Waals surface area contributed by atoms with Crippen molar-refractivity contribution in [2.24, 2.45) is 11.7 Å². The van der Waals surface area contributed by atoms with E-state index in [1.165, 1.54) is 0 Å². The van der Waals surface area contributed by atoms with E-state index in [0.717, 1.165) is 18.4 Å². The van der Waals surface area contributed by atoms with Gasteiger partial charge in [-0.25, -0.2) is 0 Å². The molecule has 0 bridgehead atoms. The summed E-state index contributed by atoms with van der Waals surface area (Å²) in [5, 5.41) is 0. The minimum absolute atomic E-state index is 0.00479. The number of hydrogen-bond acceptors (Lipinski definition) is 4. The van der Waals surface area contributed by atoms with Gasteiger partial charge in [-0.2, -0.15) is 0 Å². The molecule has 124 valence electrons. The third kappa shape index (κ3) is 4.63. The van der Waals surface area contributed by atoms with Crippen LogP contribution in [0.1, 0.15) is 25.8 Å². The van der Waals surface area contributed by atoms with Gasteiger partial charge in [-0.05, 0) is 30.0 Å². The molecular formula is C17H28N2O3. The molecule has 0 heterocycles. The van der Waals surface area contributed by atoms with Gasteiger partial charge in [0.2, 0.25) is 5.91 Å². The number of carbonyl (C=O) groups excluding carboxylic acids is 1. The van der Waals surface area contributed by atoms with Gasteiger partial charge in [-0.1, -0.05) is 26.3 Å². The molecular weight excluding hydrogens is 280 g/mol. The molecule has 1 rings (SSSR count). The molecule has 0 saturated heterocycles. The van der Waals surface area contributed by atoms with Gasteiger partial charge in [0.1, 0.15) is 0 Å². The molecule has 0 radical (unpaired) electrons. The average molecular weight is 308 g/mol. The highest BCUT2D eigenvalue weighted by Gasteiger charge is 2.22. The van der Waals surface area contributed by atoms with Gasteiger partial charge in [0, 0.05) is 13.6 Å². The number of carbonyl (C=O) groups is 1. The van der Waals surface area contributed by atoms with Crippen LogP contribution in [0, 0.1) is 5.92 Å². The molecule has 0 aliphatic heterocycles. The maximum absolute atomic E-state index is 12.2. The first-order chi connectivity index (χ1) is 10.4. The van der Waals surface area contributed by atoms with Crippen molar-refractivity contribution in [2.45, 2.75) is 32.7 Å². The van der Waals surface area contributed by atoms with Crippen LogP contribution in [0.5, 0.6) is 11.5 Å². The second-order valence-corrected chi connectivity index (χ2v) is 5.61. The molecule has 0 aliphatic rings. The molecule has 1 aromatic carbocycles. The number of likely N-dealkylation sites (N-methyl/N-ethyl adjacent to an activating group) is 1. The Morgan fingerprint density at radius 2 is 1.91 bits per heavy atom. The van der Waals surface area contributed by atoms with Gasteiger partial charge >= 0.3 is 0 Å². The van der Waals surface area contributed by atoms with E-state index in [9.17, 15) is 4.79 Å². The third-order valence-corrected chi connectivity index (χ3v) is 4.10. The number of benzene rings is 1. The zero-order valence-corrected chi connectivity index (χ0v) is 14.3. The quantitative estimate of drug-likeness (QED) is 0.798. The van der Waals surface area contributed by atoms with Crippen molar-refractivity contribution in [3.05, 3.63) is 23.8 Å². The minimum atomic E-state index is -0.430. The molecule has 0 spiro atoms. The van der Waals surface area contributed by atoms with Gasteiger partial charge in [-0.15, -0.1) is 0 Å². The molecule has 2 atom stereocenters. The number of rotatable bonds is 8. The van der Waals surface area contributed by atoms with Crippen molar-refractivity contribution in [3.63, 3.8) is 0 Å². The Balaban J connectivity index is 2.64. The molecule has 0 fully saturated rings. The lowest BCUT2D eigenvalue weighted by Crippen LogP contribution is -2.46. The Kier molecular flexibility index (Phi) is 7.18. The largest absolute Gasteiger partial charge is 0.493 e. The van der Waals surface area contributed by atoms with Crippen LogP contribution in [0.25, 0.3) is 0 Å². The molecule has 0 aliphatic carbocycles. The predicted octanol–water partition coefficient (Wildman–Crippen LogP) is 2.08. The van der Waals surface area contributed by atoms with Crippen LogP contribution in [0.2, 0.25) is 0 Å². The van der Waals surface area contributed by atoms with Gasteiger partial charge in [0.25, 0.3) is 0 Å². The van der Waals surface area contributed by atoms with Crippen molar-refractivity contribution >= 4 is 5.91 Å². The topological polar surface area (TPSA) is 64.8 Å². The maximum Gasteiger partial charge on any atom is 0.239 e. The Bertz CT molecular complexity index is 491. The summed E-state index contributed by atoms with van der Waals surface area (Å²) in [5.41, 5.74) is 7.09. The second kappa shape index (κ2) is 8.63. The fourth-order valence-corrected chi connectivity index (χ4v) is 2.19. The van der Waals surface area contributed by atoms with E-state index in [2.05, 4.69) is 0 Å². The Morgan fingerprint density at radius 3 is 2.45 bits per heavy atom. The van der Waals surface area contributed by atoms with Crippen LogP contribution >= 0.6 is 0 Å². The number of hydrogen-bond donors (Lipinski definition) is 1. The molecule has 1 aromatic rings. The van der Waals surface area contributed by atoms with Crippen molar-refractivity contribution in [3.8, 4) is 11.5 Å². The van der Waals surface area contributed by atoms with Crippen molar-refractivity contribution in [2.75, 3.05) is 27.8 Å². The molecule has 0 aromatic heterocycles. The van der Waals surface area contributed by atoms with E-state index < -0.39 is 6.04 Å². The molecule has 1 amide bonds. The van der Waals surface area contributed by atoms with Crippen LogP contribution in [-0.4, -0.2) is 44.7 Å². The Morgan fingerprint density at radius 1 is 1.27 bits per heavy atom. The SMILES string of the molecule is CC[C@@H](C)[C@H](N)C(=O)N(C)CCc1ccc(OC)c(OC)c1. The van der Waals surface area contributed by atoms with Gasteiger partial charge in [-0.3, -0.25) is 4.79 Å². The van der Waals surface area contributed by atoms with E-state index in [-0.39, 0.29) is 11.8 Å². The lowest BCUT2D eigenvalue weighted by atomic mass is 9.99. The number of methoxy groups -OCH3 is 2. The molecule has 0 saturated carbocycles. The Labute approximate surface area is 133 Å². The molecule has 5 heteroatoms. The summed E-state index contributed by atoms with van der Waals surface area (Å²) in [6.07, 6.45) is 1.65. The fraction of sp³-hybridized carbons (Fsp3) is 0.588. The van der Waals surface area contributed by atoms with E-state index >= 15 is 0 Å². The zero-order valence-electron chi connectivity index (χ0n) is 14.3. The lowest BCUT2D eigenvalue weighted by Gasteiger charge is -2.24.